The van der Waals surface area contributed by atoms with Gasteiger partial charge in [0, 0.05) is 24.1 Å². The van der Waals surface area contributed by atoms with E-state index >= 15 is 0 Å². The maximum absolute atomic E-state index is 12.1. The molecule has 1 aliphatic heterocycles. The molecule has 3 N–H and O–H groups in total. The van der Waals surface area contributed by atoms with Crippen LogP contribution in [0.1, 0.15) is 26.7 Å². The normalized spacial score (nSPS) is 18.4. The van der Waals surface area contributed by atoms with Crippen LogP contribution in [-0.4, -0.2) is 36.7 Å². The predicted molar refractivity (Wildman–Crippen MR) is 94.7 cm³/mol. The van der Waals surface area contributed by atoms with E-state index < -0.39 is 0 Å². The second-order valence-corrected chi connectivity index (χ2v) is 7.32. The van der Waals surface area contributed by atoms with Crippen molar-refractivity contribution < 1.29 is 9.59 Å². The fourth-order valence-electron chi connectivity index (χ4n) is 2.58. The minimum absolute atomic E-state index is 0.0758. The monoisotopic (exact) mass is 335 g/mol. The molecule has 5 nitrogen and oxygen atoms in total. The second kappa shape index (κ2) is 8.93. The summed E-state index contributed by atoms with van der Waals surface area (Å²) in [4.78, 5) is 24.1. The summed E-state index contributed by atoms with van der Waals surface area (Å²) >= 11 is 1.52. The predicted octanol–water partition coefficient (Wildman–Crippen LogP) is 2.24. The standard InChI is InChI=1S/C17H25N3O2S/c1-12(17(22)19-10-8-14-7-9-18-11-14)23-16-5-3-15(4-6-16)20-13(2)21/h3-6,12,14,18H,7-11H2,1-2H3,(H,19,22)(H,20,21). The zero-order chi connectivity index (χ0) is 16.7. The molecule has 23 heavy (non-hydrogen) atoms. The van der Waals surface area contributed by atoms with E-state index in [-0.39, 0.29) is 17.1 Å². The van der Waals surface area contributed by atoms with Gasteiger partial charge >= 0.3 is 0 Å². The number of amides is 2. The van der Waals surface area contributed by atoms with Crippen molar-refractivity contribution in [3.63, 3.8) is 0 Å². The number of anilines is 1. The van der Waals surface area contributed by atoms with Crippen LogP contribution in [0.5, 0.6) is 0 Å². The van der Waals surface area contributed by atoms with Crippen molar-refractivity contribution in [3.05, 3.63) is 24.3 Å². The van der Waals surface area contributed by atoms with Crippen molar-refractivity contribution in [2.75, 3.05) is 25.0 Å². The zero-order valence-corrected chi connectivity index (χ0v) is 14.5. The lowest BCUT2D eigenvalue weighted by molar-refractivity contribution is -0.120. The first kappa shape index (κ1) is 17.8. The molecular formula is C17H25N3O2S. The average Bonchev–Trinajstić information content (AvgIpc) is 3.02. The Hall–Kier alpha value is -1.53. The Labute approximate surface area is 142 Å². The third-order valence-corrected chi connectivity index (χ3v) is 4.98. The van der Waals surface area contributed by atoms with Crippen LogP contribution < -0.4 is 16.0 Å². The molecule has 0 spiro atoms. The fraction of sp³-hybridized carbons (Fsp3) is 0.529. The number of thioether (sulfide) groups is 1. The third kappa shape index (κ3) is 6.23. The van der Waals surface area contributed by atoms with E-state index in [0.717, 1.165) is 36.6 Å². The van der Waals surface area contributed by atoms with Crippen LogP contribution in [0.2, 0.25) is 0 Å². The number of carbonyl (C=O) groups is 2. The maximum atomic E-state index is 12.1. The summed E-state index contributed by atoms with van der Waals surface area (Å²) in [6, 6.07) is 7.54. The summed E-state index contributed by atoms with van der Waals surface area (Å²) < 4.78 is 0. The molecule has 2 unspecified atom stereocenters. The quantitative estimate of drug-likeness (QED) is 0.669. The van der Waals surface area contributed by atoms with Gasteiger partial charge in [0.2, 0.25) is 11.8 Å². The second-order valence-electron chi connectivity index (χ2n) is 5.90. The molecule has 1 aromatic rings. The molecule has 0 radical (unpaired) electrons. The molecule has 1 aromatic carbocycles. The molecule has 1 saturated heterocycles. The lowest BCUT2D eigenvalue weighted by Gasteiger charge is -2.14. The number of hydrogen-bond acceptors (Lipinski definition) is 4. The topological polar surface area (TPSA) is 70.2 Å². The summed E-state index contributed by atoms with van der Waals surface area (Å²) in [5.41, 5.74) is 0.768. The largest absolute Gasteiger partial charge is 0.355 e. The van der Waals surface area contributed by atoms with Crippen LogP contribution in [0, 0.1) is 5.92 Å². The van der Waals surface area contributed by atoms with Crippen molar-refractivity contribution in [3.8, 4) is 0 Å². The first-order valence-corrected chi connectivity index (χ1v) is 8.95. The molecule has 2 atom stereocenters. The Morgan fingerprint density at radius 2 is 2.09 bits per heavy atom. The van der Waals surface area contributed by atoms with Crippen LogP contribution in [0.4, 0.5) is 5.69 Å². The average molecular weight is 335 g/mol. The van der Waals surface area contributed by atoms with Gasteiger partial charge in [-0.3, -0.25) is 9.59 Å². The highest BCUT2D eigenvalue weighted by Crippen LogP contribution is 2.24. The van der Waals surface area contributed by atoms with Crippen LogP contribution in [-0.2, 0) is 9.59 Å². The zero-order valence-electron chi connectivity index (χ0n) is 13.7. The van der Waals surface area contributed by atoms with E-state index in [0.29, 0.717) is 5.92 Å². The Morgan fingerprint density at radius 3 is 2.70 bits per heavy atom. The van der Waals surface area contributed by atoms with Crippen LogP contribution in [0.15, 0.2) is 29.2 Å². The van der Waals surface area contributed by atoms with Crippen molar-refractivity contribution in [2.24, 2.45) is 5.92 Å². The van der Waals surface area contributed by atoms with Gasteiger partial charge < -0.3 is 16.0 Å². The molecule has 1 aliphatic rings. The molecule has 0 aromatic heterocycles. The molecular weight excluding hydrogens is 310 g/mol. The van der Waals surface area contributed by atoms with Crippen LogP contribution >= 0.6 is 11.8 Å². The van der Waals surface area contributed by atoms with Gasteiger partial charge in [0.05, 0.1) is 5.25 Å². The highest BCUT2D eigenvalue weighted by atomic mass is 32.2. The number of carbonyl (C=O) groups excluding carboxylic acids is 2. The van der Waals surface area contributed by atoms with Gasteiger partial charge in [0.25, 0.3) is 0 Å². The molecule has 126 valence electrons. The van der Waals surface area contributed by atoms with E-state index in [1.807, 2.05) is 31.2 Å². The van der Waals surface area contributed by atoms with Gasteiger partial charge in [0.15, 0.2) is 0 Å². The van der Waals surface area contributed by atoms with Crippen molar-refractivity contribution in [1.29, 1.82) is 0 Å². The first-order chi connectivity index (χ1) is 11.0. The summed E-state index contributed by atoms with van der Waals surface area (Å²) in [5.74, 6) is 0.682. The first-order valence-electron chi connectivity index (χ1n) is 8.07. The minimum Gasteiger partial charge on any atom is -0.355 e. The lowest BCUT2D eigenvalue weighted by atomic mass is 10.1. The summed E-state index contributed by atoms with van der Waals surface area (Å²) in [7, 11) is 0. The van der Waals surface area contributed by atoms with Gasteiger partial charge in [-0.25, -0.2) is 0 Å². The molecule has 0 saturated carbocycles. The van der Waals surface area contributed by atoms with Gasteiger partial charge in [-0.15, -0.1) is 11.8 Å². The van der Waals surface area contributed by atoms with E-state index in [9.17, 15) is 9.59 Å². The number of benzene rings is 1. The SMILES string of the molecule is CC(=O)Nc1ccc(SC(C)C(=O)NCCC2CCNC2)cc1. The molecule has 2 rings (SSSR count). The van der Waals surface area contributed by atoms with Gasteiger partial charge in [-0.1, -0.05) is 0 Å². The highest BCUT2D eigenvalue weighted by Gasteiger charge is 2.17. The van der Waals surface area contributed by atoms with Gasteiger partial charge in [-0.2, -0.15) is 0 Å². The maximum Gasteiger partial charge on any atom is 0.233 e. The van der Waals surface area contributed by atoms with Crippen molar-refractivity contribution >= 4 is 29.3 Å². The number of rotatable bonds is 7. The van der Waals surface area contributed by atoms with Crippen LogP contribution in [0.25, 0.3) is 0 Å². The van der Waals surface area contributed by atoms with Crippen LogP contribution in [0.3, 0.4) is 0 Å². The Morgan fingerprint density at radius 1 is 1.35 bits per heavy atom. The lowest BCUT2D eigenvalue weighted by Crippen LogP contribution is -2.32. The number of hydrogen-bond donors (Lipinski definition) is 3. The highest BCUT2D eigenvalue weighted by molar-refractivity contribution is 8.00. The molecule has 2 amide bonds. The Bertz CT molecular complexity index is 527. The van der Waals surface area contributed by atoms with E-state index in [1.54, 1.807) is 0 Å². The summed E-state index contributed by atoms with van der Waals surface area (Å²) in [6.07, 6.45) is 2.25. The smallest absolute Gasteiger partial charge is 0.233 e. The third-order valence-electron chi connectivity index (χ3n) is 3.87. The van der Waals surface area contributed by atoms with Gasteiger partial charge in [0.1, 0.15) is 0 Å². The molecule has 0 bridgehead atoms. The number of nitrogens with one attached hydrogen (secondary N) is 3. The van der Waals surface area contributed by atoms with Crippen molar-refractivity contribution in [1.82, 2.24) is 10.6 Å². The summed E-state index contributed by atoms with van der Waals surface area (Å²) in [6.45, 7) is 6.31. The van der Waals surface area contributed by atoms with E-state index in [4.69, 9.17) is 0 Å². The fourth-order valence-corrected chi connectivity index (χ4v) is 3.47. The summed E-state index contributed by atoms with van der Waals surface area (Å²) in [5, 5.41) is 8.96. The molecule has 0 aliphatic carbocycles. The van der Waals surface area contributed by atoms with E-state index in [1.165, 1.54) is 25.1 Å². The van der Waals surface area contributed by atoms with Crippen molar-refractivity contribution in [2.45, 2.75) is 36.8 Å². The Kier molecular flexibility index (Phi) is 6.92. The minimum atomic E-state index is -0.136. The Balaban J connectivity index is 1.72. The van der Waals surface area contributed by atoms with Gasteiger partial charge in [-0.05, 0) is 63.0 Å². The molecule has 1 heterocycles. The molecule has 6 heteroatoms. The molecule has 1 fully saturated rings. The van der Waals surface area contributed by atoms with E-state index in [2.05, 4.69) is 16.0 Å².